The number of aromatic nitrogens is 2. The van der Waals surface area contributed by atoms with Gasteiger partial charge in [0, 0.05) is 10.6 Å². The molecular formula is C19H15ClFN3O. The first-order valence-corrected chi connectivity index (χ1v) is 8.05. The van der Waals surface area contributed by atoms with Crippen LogP contribution in [0.4, 0.5) is 4.39 Å². The molecule has 3 rings (SSSR count). The Morgan fingerprint density at radius 2 is 1.88 bits per heavy atom. The number of hydrogen-bond donors (Lipinski definition) is 1. The first-order valence-electron chi connectivity index (χ1n) is 7.68. The van der Waals surface area contributed by atoms with E-state index >= 15 is 0 Å². The Morgan fingerprint density at radius 1 is 1.12 bits per heavy atom. The fourth-order valence-electron chi connectivity index (χ4n) is 2.42. The maximum Gasteiger partial charge on any atom is 0.270 e. The molecule has 0 bridgehead atoms. The molecule has 3 aromatic rings. The molecule has 1 aromatic heterocycles. The van der Waals surface area contributed by atoms with Crippen molar-refractivity contribution in [3.63, 3.8) is 0 Å². The highest BCUT2D eigenvalue weighted by Gasteiger charge is 2.15. The average Bonchev–Trinajstić information content (AvgIpc) is 2.62. The van der Waals surface area contributed by atoms with Crippen LogP contribution in [0.25, 0.3) is 11.3 Å². The number of benzene rings is 2. The molecule has 0 saturated heterocycles. The molecule has 0 aliphatic heterocycles. The number of carbonyl (C=O) groups is 1. The molecule has 6 heteroatoms. The minimum atomic E-state index is -0.504. The van der Waals surface area contributed by atoms with Crippen molar-refractivity contribution >= 4 is 17.5 Å². The maximum atomic E-state index is 14.1. The summed E-state index contributed by atoms with van der Waals surface area (Å²) in [6.45, 7) is 1.88. The van der Waals surface area contributed by atoms with Crippen LogP contribution in [-0.4, -0.2) is 15.9 Å². The Kier molecular flexibility index (Phi) is 5.05. The fourth-order valence-corrected chi connectivity index (χ4v) is 2.58. The highest BCUT2D eigenvalue weighted by molar-refractivity contribution is 6.30. The van der Waals surface area contributed by atoms with E-state index in [-0.39, 0.29) is 23.2 Å². The summed E-state index contributed by atoms with van der Waals surface area (Å²) in [5.74, 6) is -0.857. The molecule has 0 saturated carbocycles. The van der Waals surface area contributed by atoms with Crippen LogP contribution in [0.2, 0.25) is 5.02 Å². The number of hydrogen-bond acceptors (Lipinski definition) is 3. The highest BCUT2D eigenvalue weighted by atomic mass is 35.5. The van der Waals surface area contributed by atoms with Gasteiger partial charge in [-0.3, -0.25) is 4.79 Å². The van der Waals surface area contributed by atoms with Gasteiger partial charge >= 0.3 is 0 Å². The normalized spacial score (nSPS) is 11.8. The van der Waals surface area contributed by atoms with Crippen LogP contribution in [0.5, 0.6) is 0 Å². The Bertz CT molecular complexity index is 902. The van der Waals surface area contributed by atoms with E-state index in [1.165, 1.54) is 24.5 Å². The van der Waals surface area contributed by atoms with Gasteiger partial charge in [-0.05, 0) is 36.8 Å². The van der Waals surface area contributed by atoms with Crippen molar-refractivity contribution in [3.05, 3.63) is 83.0 Å². The van der Waals surface area contributed by atoms with Crippen molar-refractivity contribution in [1.29, 1.82) is 0 Å². The second-order valence-corrected chi connectivity index (χ2v) is 5.95. The van der Waals surface area contributed by atoms with Crippen LogP contribution in [0.3, 0.4) is 0 Å². The molecule has 0 aliphatic carbocycles. The van der Waals surface area contributed by atoms with Crippen molar-refractivity contribution in [3.8, 4) is 11.3 Å². The summed E-state index contributed by atoms with van der Waals surface area (Å²) in [4.78, 5) is 20.5. The van der Waals surface area contributed by atoms with E-state index < -0.39 is 5.82 Å². The summed E-state index contributed by atoms with van der Waals surface area (Å²) in [6.07, 6.45) is 1.24. The average molecular weight is 356 g/mol. The lowest BCUT2D eigenvalue weighted by atomic mass is 10.1. The van der Waals surface area contributed by atoms with E-state index in [9.17, 15) is 9.18 Å². The number of rotatable bonds is 4. The minimum absolute atomic E-state index is 0.169. The van der Waals surface area contributed by atoms with Crippen LogP contribution >= 0.6 is 11.6 Å². The summed E-state index contributed by atoms with van der Waals surface area (Å²) in [6, 6.07) is 15.2. The smallest absolute Gasteiger partial charge is 0.270 e. The molecular weight excluding hydrogens is 341 g/mol. The summed E-state index contributed by atoms with van der Waals surface area (Å²) >= 11 is 5.76. The van der Waals surface area contributed by atoms with Gasteiger partial charge in [0.25, 0.3) is 5.91 Å². The molecule has 1 heterocycles. The van der Waals surface area contributed by atoms with Gasteiger partial charge in [-0.2, -0.15) is 0 Å². The number of halogens is 2. The molecule has 4 nitrogen and oxygen atoms in total. The van der Waals surface area contributed by atoms with E-state index in [2.05, 4.69) is 15.3 Å². The van der Waals surface area contributed by atoms with E-state index in [0.29, 0.717) is 10.7 Å². The van der Waals surface area contributed by atoms with Gasteiger partial charge in [0.1, 0.15) is 17.8 Å². The van der Waals surface area contributed by atoms with Crippen LogP contribution in [0, 0.1) is 5.82 Å². The second-order valence-electron chi connectivity index (χ2n) is 5.52. The first-order chi connectivity index (χ1) is 12.0. The van der Waals surface area contributed by atoms with Crippen molar-refractivity contribution in [1.82, 2.24) is 15.3 Å². The van der Waals surface area contributed by atoms with Gasteiger partial charge in [0.05, 0.1) is 11.7 Å². The van der Waals surface area contributed by atoms with Crippen LogP contribution < -0.4 is 5.32 Å². The van der Waals surface area contributed by atoms with Gasteiger partial charge in [-0.15, -0.1) is 0 Å². The van der Waals surface area contributed by atoms with Gasteiger partial charge in [-0.25, -0.2) is 14.4 Å². The summed E-state index contributed by atoms with van der Waals surface area (Å²) in [5.41, 5.74) is 1.73. The van der Waals surface area contributed by atoms with Crippen molar-refractivity contribution in [2.24, 2.45) is 0 Å². The molecule has 25 heavy (non-hydrogen) atoms. The zero-order chi connectivity index (χ0) is 17.8. The number of amides is 1. The zero-order valence-electron chi connectivity index (χ0n) is 13.4. The Balaban J connectivity index is 1.82. The van der Waals surface area contributed by atoms with Gasteiger partial charge in [0.15, 0.2) is 0 Å². The van der Waals surface area contributed by atoms with Gasteiger partial charge < -0.3 is 5.32 Å². The number of nitrogens with zero attached hydrogens (tertiary/aromatic N) is 2. The lowest BCUT2D eigenvalue weighted by molar-refractivity contribution is 0.0934. The van der Waals surface area contributed by atoms with Crippen molar-refractivity contribution < 1.29 is 9.18 Å². The molecule has 0 aliphatic rings. The van der Waals surface area contributed by atoms with E-state index in [1.807, 2.05) is 37.3 Å². The fraction of sp³-hybridized carbons (Fsp3) is 0.105. The molecule has 2 aromatic carbocycles. The highest BCUT2D eigenvalue weighted by Crippen LogP contribution is 2.24. The molecule has 1 N–H and O–H groups in total. The zero-order valence-corrected chi connectivity index (χ0v) is 14.2. The summed E-state index contributed by atoms with van der Waals surface area (Å²) in [5, 5.41) is 3.17. The lowest BCUT2D eigenvalue weighted by Gasteiger charge is -2.14. The molecule has 0 radical (unpaired) electrons. The maximum absolute atomic E-state index is 14.1. The van der Waals surface area contributed by atoms with Crippen LogP contribution in [-0.2, 0) is 0 Å². The van der Waals surface area contributed by atoms with E-state index in [0.717, 1.165) is 5.56 Å². The third kappa shape index (κ3) is 4.00. The van der Waals surface area contributed by atoms with Gasteiger partial charge in [0.2, 0.25) is 0 Å². The molecule has 1 amide bonds. The Labute approximate surface area is 149 Å². The van der Waals surface area contributed by atoms with E-state index in [4.69, 9.17) is 11.6 Å². The summed E-state index contributed by atoms with van der Waals surface area (Å²) in [7, 11) is 0. The third-order valence-corrected chi connectivity index (χ3v) is 3.99. The number of carbonyl (C=O) groups excluding carboxylic acids is 1. The monoisotopic (exact) mass is 355 g/mol. The SMILES string of the molecule is C[C@H](NC(=O)c1cc(-c2ccc(Cl)cc2F)ncn1)c1ccccc1. The third-order valence-electron chi connectivity index (χ3n) is 3.75. The molecule has 0 unspecified atom stereocenters. The quantitative estimate of drug-likeness (QED) is 0.753. The lowest BCUT2D eigenvalue weighted by Crippen LogP contribution is -2.27. The second kappa shape index (κ2) is 7.40. The molecule has 126 valence electrons. The van der Waals surface area contributed by atoms with E-state index in [1.54, 1.807) is 6.07 Å². The molecule has 0 spiro atoms. The predicted molar refractivity (Wildman–Crippen MR) is 94.8 cm³/mol. The Hall–Kier alpha value is -2.79. The minimum Gasteiger partial charge on any atom is -0.344 e. The predicted octanol–water partition coefficient (Wildman–Crippen LogP) is 4.43. The topological polar surface area (TPSA) is 54.9 Å². The van der Waals surface area contributed by atoms with Crippen LogP contribution in [0.15, 0.2) is 60.9 Å². The largest absolute Gasteiger partial charge is 0.344 e. The standard InChI is InChI=1S/C19H15ClFN3O/c1-12(13-5-3-2-4-6-13)24-19(25)18-10-17(22-11-23-18)15-8-7-14(20)9-16(15)21/h2-12H,1H3,(H,24,25)/t12-/m0/s1. The first kappa shape index (κ1) is 17.0. The molecule has 1 atom stereocenters. The van der Waals surface area contributed by atoms with Crippen LogP contribution in [0.1, 0.15) is 29.0 Å². The Morgan fingerprint density at radius 3 is 2.60 bits per heavy atom. The van der Waals surface area contributed by atoms with Gasteiger partial charge in [-0.1, -0.05) is 41.9 Å². The molecule has 0 fully saturated rings. The number of nitrogens with one attached hydrogen (secondary N) is 1. The summed E-state index contributed by atoms with van der Waals surface area (Å²) < 4.78 is 14.1. The van der Waals surface area contributed by atoms with Crippen molar-refractivity contribution in [2.75, 3.05) is 0 Å². The van der Waals surface area contributed by atoms with Crippen molar-refractivity contribution in [2.45, 2.75) is 13.0 Å².